The molecule has 1 heterocycles. The van der Waals surface area contributed by atoms with Gasteiger partial charge in [0.25, 0.3) is 0 Å². The molecule has 0 saturated carbocycles. The van der Waals surface area contributed by atoms with Gasteiger partial charge in [-0.1, -0.05) is 0 Å². The first-order valence-corrected chi connectivity index (χ1v) is 2.45. The summed E-state index contributed by atoms with van der Waals surface area (Å²) < 4.78 is 4.36. The fourth-order valence-corrected chi connectivity index (χ4v) is 0.393. The third-order valence-corrected chi connectivity index (χ3v) is 0.954. The molecule has 1 atom stereocenters. The maximum atomic E-state index is 10.5. The van der Waals surface area contributed by atoms with Crippen LogP contribution in [0.5, 0.6) is 0 Å². The van der Waals surface area contributed by atoms with E-state index in [1.807, 2.05) is 0 Å². The molecular formula is C5H6O4. The summed E-state index contributed by atoms with van der Waals surface area (Å²) in [5, 5.41) is 16.8. The highest BCUT2D eigenvalue weighted by Gasteiger charge is 2.26. The van der Waals surface area contributed by atoms with Crippen LogP contribution < -0.4 is 0 Å². The van der Waals surface area contributed by atoms with Crippen molar-refractivity contribution >= 4 is 5.78 Å². The Labute approximate surface area is 51.4 Å². The van der Waals surface area contributed by atoms with E-state index in [2.05, 4.69) is 4.74 Å². The zero-order chi connectivity index (χ0) is 6.85. The molecule has 0 saturated heterocycles. The van der Waals surface area contributed by atoms with Gasteiger partial charge in [-0.2, -0.15) is 0 Å². The average molecular weight is 130 g/mol. The van der Waals surface area contributed by atoms with Crippen molar-refractivity contribution in [3.8, 4) is 0 Å². The summed E-state index contributed by atoms with van der Waals surface area (Å²) in [5.41, 5.74) is 0. The molecule has 0 spiro atoms. The van der Waals surface area contributed by atoms with Crippen LogP contribution in [0.25, 0.3) is 0 Å². The van der Waals surface area contributed by atoms with E-state index < -0.39 is 18.5 Å². The second kappa shape index (κ2) is 2.16. The Balaban J connectivity index is 2.41. The Bertz CT molecular complexity index is 160. The average Bonchev–Trinajstić information content (AvgIpc) is 2.66. The topological polar surface area (TPSA) is 70.1 Å². The van der Waals surface area contributed by atoms with Gasteiger partial charge in [0.05, 0.1) is 6.61 Å². The Kier molecular flexibility index (Phi) is 1.50. The standard InChI is InChI=1S/C5H6O4/c6-1-3(7)5(8)4-2-9-4/h2-3,6-7H,1H2. The summed E-state index contributed by atoms with van der Waals surface area (Å²) in [7, 11) is 0. The first-order chi connectivity index (χ1) is 4.25. The molecule has 1 unspecified atom stereocenters. The van der Waals surface area contributed by atoms with Crippen molar-refractivity contribution in [2.45, 2.75) is 6.10 Å². The lowest BCUT2D eigenvalue weighted by molar-refractivity contribution is -0.126. The van der Waals surface area contributed by atoms with Crippen LogP contribution in [-0.2, 0) is 9.53 Å². The molecule has 9 heavy (non-hydrogen) atoms. The maximum absolute atomic E-state index is 10.5. The molecule has 0 aromatic heterocycles. The predicted octanol–water partition coefficient (Wildman–Crippen LogP) is -1.22. The fraction of sp³-hybridized carbons (Fsp3) is 0.400. The van der Waals surface area contributed by atoms with E-state index in [9.17, 15) is 4.79 Å². The molecule has 0 aromatic carbocycles. The number of carbonyl (C=O) groups is 1. The number of hydrogen-bond acceptors (Lipinski definition) is 4. The van der Waals surface area contributed by atoms with E-state index in [1.54, 1.807) is 0 Å². The summed E-state index contributed by atoms with van der Waals surface area (Å²) in [6.45, 7) is -0.556. The minimum absolute atomic E-state index is 0.136. The van der Waals surface area contributed by atoms with Crippen LogP contribution in [0.15, 0.2) is 12.0 Å². The van der Waals surface area contributed by atoms with E-state index in [0.29, 0.717) is 0 Å². The highest BCUT2D eigenvalue weighted by molar-refractivity contribution is 5.99. The van der Waals surface area contributed by atoms with Crippen LogP contribution in [0, 0.1) is 0 Å². The first kappa shape index (κ1) is 6.25. The SMILES string of the molecule is O=C(C1=CO1)C(O)CO. The number of aliphatic hydroxyl groups is 2. The Morgan fingerprint density at radius 2 is 2.44 bits per heavy atom. The van der Waals surface area contributed by atoms with Gasteiger partial charge in [0.15, 0.2) is 0 Å². The molecule has 0 aliphatic carbocycles. The number of ether oxygens (including phenoxy) is 1. The van der Waals surface area contributed by atoms with E-state index in [-0.39, 0.29) is 5.76 Å². The second-order valence-electron chi connectivity index (χ2n) is 1.66. The third-order valence-electron chi connectivity index (χ3n) is 0.954. The van der Waals surface area contributed by atoms with Gasteiger partial charge in [0.1, 0.15) is 12.4 Å². The smallest absolute Gasteiger partial charge is 0.231 e. The Morgan fingerprint density at radius 1 is 1.89 bits per heavy atom. The van der Waals surface area contributed by atoms with Gasteiger partial charge in [-0.15, -0.1) is 0 Å². The quantitative estimate of drug-likeness (QED) is 0.502. The van der Waals surface area contributed by atoms with E-state index in [4.69, 9.17) is 10.2 Å². The minimum atomic E-state index is -1.32. The number of hydrogen-bond donors (Lipinski definition) is 2. The van der Waals surface area contributed by atoms with Crippen LogP contribution in [-0.4, -0.2) is 28.7 Å². The van der Waals surface area contributed by atoms with Crippen molar-refractivity contribution in [2.75, 3.05) is 6.61 Å². The summed E-state index contributed by atoms with van der Waals surface area (Å²) in [5.74, 6) is -0.422. The highest BCUT2D eigenvalue weighted by atomic mass is 16.5. The lowest BCUT2D eigenvalue weighted by Gasteiger charge is -1.98. The minimum Gasteiger partial charge on any atom is -0.454 e. The largest absolute Gasteiger partial charge is 0.454 e. The highest BCUT2D eigenvalue weighted by Crippen LogP contribution is 2.15. The Hall–Kier alpha value is -0.870. The molecule has 2 N–H and O–H groups in total. The van der Waals surface area contributed by atoms with Crippen molar-refractivity contribution in [3.63, 3.8) is 0 Å². The lowest BCUT2D eigenvalue weighted by Crippen LogP contribution is -2.23. The van der Waals surface area contributed by atoms with Crippen LogP contribution in [0.2, 0.25) is 0 Å². The Morgan fingerprint density at radius 3 is 2.78 bits per heavy atom. The molecule has 1 aliphatic rings. The normalized spacial score (nSPS) is 17.8. The van der Waals surface area contributed by atoms with E-state index in [0.717, 1.165) is 0 Å². The lowest BCUT2D eigenvalue weighted by atomic mass is 10.2. The van der Waals surface area contributed by atoms with Gasteiger partial charge >= 0.3 is 0 Å². The van der Waals surface area contributed by atoms with Gasteiger partial charge in [0.2, 0.25) is 11.5 Å². The molecule has 0 radical (unpaired) electrons. The van der Waals surface area contributed by atoms with Gasteiger partial charge in [-0.3, -0.25) is 4.79 Å². The summed E-state index contributed by atoms with van der Waals surface area (Å²) in [6.07, 6.45) is -0.0972. The van der Waals surface area contributed by atoms with Crippen molar-refractivity contribution in [2.24, 2.45) is 0 Å². The third kappa shape index (κ3) is 1.28. The number of aliphatic hydroxyl groups excluding tert-OH is 2. The first-order valence-electron chi connectivity index (χ1n) is 2.45. The van der Waals surface area contributed by atoms with Gasteiger partial charge in [0, 0.05) is 0 Å². The van der Waals surface area contributed by atoms with Crippen molar-refractivity contribution < 1.29 is 19.7 Å². The second-order valence-corrected chi connectivity index (χ2v) is 1.66. The molecule has 0 amide bonds. The molecule has 0 fully saturated rings. The van der Waals surface area contributed by atoms with Crippen LogP contribution in [0.4, 0.5) is 0 Å². The van der Waals surface area contributed by atoms with Gasteiger partial charge < -0.3 is 14.9 Å². The van der Waals surface area contributed by atoms with E-state index in [1.165, 1.54) is 6.26 Å². The molecular weight excluding hydrogens is 124 g/mol. The van der Waals surface area contributed by atoms with Crippen LogP contribution in [0.3, 0.4) is 0 Å². The molecule has 1 aliphatic heterocycles. The maximum Gasteiger partial charge on any atom is 0.231 e. The molecule has 0 aromatic rings. The summed E-state index contributed by atoms with van der Waals surface area (Å²) in [4.78, 5) is 10.5. The summed E-state index contributed by atoms with van der Waals surface area (Å²) >= 11 is 0. The molecule has 50 valence electrons. The predicted molar refractivity (Wildman–Crippen MR) is 27.3 cm³/mol. The number of ketones is 1. The zero-order valence-corrected chi connectivity index (χ0v) is 4.57. The number of carbonyl (C=O) groups excluding carboxylic acids is 1. The van der Waals surface area contributed by atoms with Crippen molar-refractivity contribution in [1.82, 2.24) is 0 Å². The molecule has 0 bridgehead atoms. The van der Waals surface area contributed by atoms with E-state index >= 15 is 0 Å². The molecule has 4 nitrogen and oxygen atoms in total. The van der Waals surface area contributed by atoms with Crippen molar-refractivity contribution in [3.05, 3.63) is 12.0 Å². The number of rotatable bonds is 3. The zero-order valence-electron chi connectivity index (χ0n) is 4.57. The van der Waals surface area contributed by atoms with Crippen molar-refractivity contribution in [1.29, 1.82) is 0 Å². The monoisotopic (exact) mass is 130 g/mol. The molecule has 4 heteroatoms. The van der Waals surface area contributed by atoms with Crippen LogP contribution in [0.1, 0.15) is 0 Å². The number of Topliss-reactive ketones (excluding diaryl/α,β-unsaturated/α-hetero) is 1. The van der Waals surface area contributed by atoms with Gasteiger partial charge in [-0.25, -0.2) is 0 Å². The fourth-order valence-electron chi connectivity index (χ4n) is 0.393. The van der Waals surface area contributed by atoms with Crippen LogP contribution >= 0.6 is 0 Å². The summed E-state index contributed by atoms with van der Waals surface area (Å²) in [6, 6.07) is 0. The van der Waals surface area contributed by atoms with Gasteiger partial charge in [-0.05, 0) is 0 Å². The molecule has 1 rings (SSSR count).